The molecule has 25 heavy (non-hydrogen) atoms. The third-order valence-electron chi connectivity index (χ3n) is 5.08. The maximum Gasteiger partial charge on any atom is 0.277 e. The SMILES string of the molecule is Cc1nc(C(=O)N2CCCc3ccccc32)cc(N2CCCCC2)n1. The fraction of sp³-hybridized carbons (Fsp3) is 0.450. The molecular weight excluding hydrogens is 312 g/mol. The second kappa shape index (κ2) is 6.82. The summed E-state index contributed by atoms with van der Waals surface area (Å²) in [6.07, 6.45) is 5.67. The van der Waals surface area contributed by atoms with E-state index in [0.29, 0.717) is 11.5 Å². The van der Waals surface area contributed by atoms with Crippen LogP contribution in [0, 0.1) is 6.92 Å². The lowest BCUT2D eigenvalue weighted by Crippen LogP contribution is -2.36. The first kappa shape index (κ1) is 16.1. The molecule has 0 radical (unpaired) electrons. The maximum atomic E-state index is 13.2. The van der Waals surface area contributed by atoms with Gasteiger partial charge in [-0.1, -0.05) is 18.2 Å². The molecule has 1 aromatic carbocycles. The first-order valence-electron chi connectivity index (χ1n) is 9.23. The van der Waals surface area contributed by atoms with E-state index in [1.54, 1.807) is 0 Å². The lowest BCUT2D eigenvalue weighted by molar-refractivity contribution is 0.0980. The van der Waals surface area contributed by atoms with Gasteiger partial charge in [0.25, 0.3) is 5.91 Å². The Morgan fingerprint density at radius 1 is 1.00 bits per heavy atom. The van der Waals surface area contributed by atoms with Gasteiger partial charge in [-0.25, -0.2) is 9.97 Å². The van der Waals surface area contributed by atoms with Crippen LogP contribution in [0.3, 0.4) is 0 Å². The normalized spacial score (nSPS) is 17.3. The second-order valence-corrected chi connectivity index (χ2v) is 6.90. The molecule has 0 N–H and O–H groups in total. The summed E-state index contributed by atoms with van der Waals surface area (Å²) in [6.45, 7) is 4.64. The highest BCUT2D eigenvalue weighted by molar-refractivity contribution is 6.05. The summed E-state index contributed by atoms with van der Waals surface area (Å²) in [6, 6.07) is 10.0. The second-order valence-electron chi connectivity index (χ2n) is 6.90. The summed E-state index contributed by atoms with van der Waals surface area (Å²) < 4.78 is 0. The lowest BCUT2D eigenvalue weighted by Gasteiger charge is -2.30. The van der Waals surface area contributed by atoms with Crippen LogP contribution >= 0.6 is 0 Å². The topological polar surface area (TPSA) is 49.3 Å². The molecule has 2 aromatic rings. The van der Waals surface area contributed by atoms with Gasteiger partial charge in [-0.3, -0.25) is 4.79 Å². The van der Waals surface area contributed by atoms with Gasteiger partial charge in [-0.15, -0.1) is 0 Å². The van der Waals surface area contributed by atoms with Crippen LogP contribution in [0.4, 0.5) is 11.5 Å². The standard InChI is InChI=1S/C20H24N4O/c1-15-21-17(14-19(22-15)23-11-5-2-6-12-23)20(25)24-13-7-9-16-8-3-4-10-18(16)24/h3-4,8,10,14H,2,5-7,9,11-13H2,1H3. The van der Waals surface area contributed by atoms with E-state index in [1.165, 1.54) is 24.8 Å². The lowest BCUT2D eigenvalue weighted by atomic mass is 10.0. The molecule has 0 spiro atoms. The van der Waals surface area contributed by atoms with Crippen molar-refractivity contribution in [1.29, 1.82) is 0 Å². The summed E-state index contributed by atoms with van der Waals surface area (Å²) in [5, 5.41) is 0. The van der Waals surface area contributed by atoms with E-state index in [9.17, 15) is 4.79 Å². The van der Waals surface area contributed by atoms with Gasteiger partial charge in [0.1, 0.15) is 17.3 Å². The molecule has 1 aromatic heterocycles. The van der Waals surface area contributed by atoms with Crippen LogP contribution in [0.15, 0.2) is 30.3 Å². The zero-order valence-corrected chi connectivity index (χ0v) is 14.7. The molecule has 1 fully saturated rings. The number of fused-ring (bicyclic) bond motifs is 1. The number of hydrogen-bond acceptors (Lipinski definition) is 4. The van der Waals surface area contributed by atoms with Crippen LogP contribution in [0.1, 0.15) is 47.6 Å². The molecule has 2 aliphatic heterocycles. The minimum Gasteiger partial charge on any atom is -0.356 e. The van der Waals surface area contributed by atoms with Crippen LogP contribution in [0.2, 0.25) is 0 Å². The van der Waals surface area contributed by atoms with Crippen LogP contribution in [-0.4, -0.2) is 35.5 Å². The molecule has 0 saturated carbocycles. The third kappa shape index (κ3) is 3.23. The van der Waals surface area contributed by atoms with Crippen LogP contribution in [-0.2, 0) is 6.42 Å². The van der Waals surface area contributed by atoms with Crippen molar-refractivity contribution in [3.05, 3.63) is 47.4 Å². The fourth-order valence-electron chi connectivity index (χ4n) is 3.83. The summed E-state index contributed by atoms with van der Waals surface area (Å²) in [5.41, 5.74) is 2.77. The average Bonchev–Trinajstić information content (AvgIpc) is 2.67. The largest absolute Gasteiger partial charge is 0.356 e. The quantitative estimate of drug-likeness (QED) is 0.844. The Morgan fingerprint density at radius 2 is 1.80 bits per heavy atom. The van der Waals surface area contributed by atoms with Gasteiger partial charge in [0.05, 0.1) is 0 Å². The number of anilines is 2. The van der Waals surface area contributed by atoms with Gasteiger partial charge >= 0.3 is 0 Å². The van der Waals surface area contributed by atoms with Gasteiger partial charge in [0.2, 0.25) is 0 Å². The van der Waals surface area contributed by atoms with Crippen molar-refractivity contribution in [1.82, 2.24) is 9.97 Å². The van der Waals surface area contributed by atoms with Crippen molar-refractivity contribution in [3.63, 3.8) is 0 Å². The Morgan fingerprint density at radius 3 is 2.64 bits per heavy atom. The molecule has 4 rings (SSSR count). The average molecular weight is 336 g/mol. The van der Waals surface area contributed by atoms with Gasteiger partial charge in [0.15, 0.2) is 0 Å². The number of carbonyl (C=O) groups excluding carboxylic acids is 1. The Labute approximate surface area is 148 Å². The van der Waals surface area contributed by atoms with Crippen molar-refractivity contribution in [2.75, 3.05) is 29.4 Å². The number of carbonyl (C=O) groups is 1. The van der Waals surface area contributed by atoms with Crippen molar-refractivity contribution in [2.45, 2.75) is 39.0 Å². The molecule has 0 unspecified atom stereocenters. The van der Waals surface area contributed by atoms with Crippen molar-refractivity contribution in [2.24, 2.45) is 0 Å². The number of amides is 1. The molecule has 3 heterocycles. The van der Waals surface area contributed by atoms with Gasteiger partial charge in [0, 0.05) is 31.4 Å². The Balaban J connectivity index is 1.65. The minimum atomic E-state index is -0.0177. The predicted octanol–water partition coefficient (Wildman–Crippen LogP) is 3.37. The van der Waals surface area contributed by atoms with Crippen LogP contribution in [0.25, 0.3) is 0 Å². The highest BCUT2D eigenvalue weighted by Crippen LogP contribution is 2.28. The molecular formula is C20H24N4O. The number of benzene rings is 1. The van der Waals surface area contributed by atoms with Crippen LogP contribution in [0.5, 0.6) is 0 Å². The smallest absolute Gasteiger partial charge is 0.277 e. The van der Waals surface area contributed by atoms with E-state index in [2.05, 4.69) is 20.9 Å². The Kier molecular flexibility index (Phi) is 4.38. The highest BCUT2D eigenvalue weighted by Gasteiger charge is 2.25. The number of rotatable bonds is 2. The molecule has 5 heteroatoms. The third-order valence-corrected chi connectivity index (χ3v) is 5.08. The molecule has 5 nitrogen and oxygen atoms in total. The van der Waals surface area contributed by atoms with Crippen molar-refractivity contribution < 1.29 is 4.79 Å². The van der Waals surface area contributed by atoms with Crippen molar-refractivity contribution in [3.8, 4) is 0 Å². The number of aromatic nitrogens is 2. The summed E-state index contributed by atoms with van der Waals surface area (Å²) in [7, 11) is 0. The Bertz CT molecular complexity index is 783. The highest BCUT2D eigenvalue weighted by atomic mass is 16.2. The molecule has 0 atom stereocenters. The summed E-state index contributed by atoms with van der Waals surface area (Å²) in [4.78, 5) is 26.3. The molecule has 130 valence electrons. The molecule has 0 bridgehead atoms. The number of aryl methyl sites for hydroxylation is 2. The maximum absolute atomic E-state index is 13.2. The van der Waals surface area contributed by atoms with Gasteiger partial charge in [-0.05, 0) is 50.7 Å². The van der Waals surface area contributed by atoms with Gasteiger partial charge < -0.3 is 9.80 Å². The van der Waals surface area contributed by atoms with Crippen LogP contribution < -0.4 is 9.80 Å². The first-order valence-corrected chi connectivity index (χ1v) is 9.23. The predicted molar refractivity (Wildman–Crippen MR) is 99.3 cm³/mol. The number of piperidine rings is 1. The number of hydrogen-bond donors (Lipinski definition) is 0. The number of nitrogens with zero attached hydrogens (tertiary/aromatic N) is 4. The van der Waals surface area contributed by atoms with E-state index >= 15 is 0 Å². The molecule has 0 aliphatic carbocycles. The minimum absolute atomic E-state index is 0.0177. The first-order chi connectivity index (χ1) is 12.2. The summed E-state index contributed by atoms with van der Waals surface area (Å²) >= 11 is 0. The van der Waals surface area contributed by atoms with E-state index in [1.807, 2.05) is 36.1 Å². The van der Waals surface area contributed by atoms with E-state index in [0.717, 1.165) is 44.0 Å². The molecule has 1 saturated heterocycles. The number of para-hydroxylation sites is 1. The fourth-order valence-corrected chi connectivity index (χ4v) is 3.83. The van der Waals surface area contributed by atoms with E-state index < -0.39 is 0 Å². The van der Waals surface area contributed by atoms with E-state index in [-0.39, 0.29) is 5.91 Å². The summed E-state index contributed by atoms with van der Waals surface area (Å²) in [5.74, 6) is 1.54. The Hall–Kier alpha value is -2.43. The van der Waals surface area contributed by atoms with Gasteiger partial charge in [-0.2, -0.15) is 0 Å². The molecule has 2 aliphatic rings. The molecule has 1 amide bonds. The zero-order valence-electron chi connectivity index (χ0n) is 14.7. The zero-order chi connectivity index (χ0) is 17.2. The van der Waals surface area contributed by atoms with Crippen molar-refractivity contribution >= 4 is 17.4 Å². The van der Waals surface area contributed by atoms with E-state index in [4.69, 9.17) is 0 Å². The monoisotopic (exact) mass is 336 g/mol.